The average molecular weight is 142 g/mol. The summed E-state index contributed by atoms with van der Waals surface area (Å²) in [5, 5.41) is 0. The van der Waals surface area contributed by atoms with Crippen molar-refractivity contribution >= 4 is 0 Å². The maximum atomic E-state index is 5.49. The molecule has 0 N–H and O–H groups in total. The van der Waals surface area contributed by atoms with Crippen molar-refractivity contribution < 1.29 is 4.74 Å². The van der Waals surface area contributed by atoms with Crippen LogP contribution >= 0.6 is 0 Å². The van der Waals surface area contributed by atoms with Crippen LogP contribution in [0.5, 0.6) is 0 Å². The van der Waals surface area contributed by atoms with Crippen molar-refractivity contribution in [3.8, 4) is 0 Å². The second-order valence-electron chi connectivity index (χ2n) is 3.09. The van der Waals surface area contributed by atoms with Crippen molar-refractivity contribution in [1.29, 1.82) is 0 Å². The molecule has 2 bridgehead atoms. The predicted molar refractivity (Wildman–Crippen MR) is 43.0 cm³/mol. The van der Waals surface area contributed by atoms with E-state index in [0.717, 1.165) is 5.92 Å². The fraction of sp³-hybridized carbons (Fsp3) is 1.00. The van der Waals surface area contributed by atoms with Gasteiger partial charge in [0.1, 0.15) is 0 Å². The maximum absolute atomic E-state index is 5.49. The molecular formula is C9H18O. The average Bonchev–Trinajstić information content (AvgIpc) is 1.90. The summed E-state index contributed by atoms with van der Waals surface area (Å²) >= 11 is 0. The van der Waals surface area contributed by atoms with E-state index in [-0.39, 0.29) is 0 Å². The molecule has 0 aromatic rings. The van der Waals surface area contributed by atoms with Crippen LogP contribution in [0.1, 0.15) is 40.0 Å². The third-order valence-corrected chi connectivity index (χ3v) is 2.44. The van der Waals surface area contributed by atoms with Gasteiger partial charge in [0.05, 0.1) is 12.2 Å². The lowest BCUT2D eigenvalue weighted by molar-refractivity contribution is -0.181. The number of hydrogen-bond acceptors (Lipinski definition) is 1. The standard InChI is InChI=1S/C7H12O.C2H6/c1-5-2-3-6-4-7(5)8-6;1-2/h5-7H,2-4H2,1H3;1-2H3. The highest BCUT2D eigenvalue weighted by molar-refractivity contribution is 4.87. The van der Waals surface area contributed by atoms with E-state index in [1.54, 1.807) is 0 Å². The zero-order chi connectivity index (χ0) is 7.56. The van der Waals surface area contributed by atoms with Gasteiger partial charge in [-0.2, -0.15) is 0 Å². The van der Waals surface area contributed by atoms with Crippen molar-refractivity contribution in [2.24, 2.45) is 5.92 Å². The Morgan fingerprint density at radius 3 is 2.00 bits per heavy atom. The van der Waals surface area contributed by atoms with Gasteiger partial charge in [-0.25, -0.2) is 0 Å². The van der Waals surface area contributed by atoms with E-state index in [0.29, 0.717) is 12.2 Å². The quantitative estimate of drug-likeness (QED) is 0.505. The van der Waals surface area contributed by atoms with Crippen molar-refractivity contribution in [2.75, 3.05) is 0 Å². The Bertz CT molecular complexity index is 89.4. The Morgan fingerprint density at radius 2 is 1.80 bits per heavy atom. The van der Waals surface area contributed by atoms with E-state index in [2.05, 4.69) is 6.92 Å². The molecule has 0 aromatic heterocycles. The fourth-order valence-corrected chi connectivity index (χ4v) is 1.68. The number of rotatable bonds is 0. The summed E-state index contributed by atoms with van der Waals surface area (Å²) in [5.74, 6) is 0.847. The van der Waals surface area contributed by atoms with Crippen LogP contribution in [0.15, 0.2) is 0 Å². The lowest BCUT2D eigenvalue weighted by atomic mass is 9.81. The molecule has 2 aliphatic heterocycles. The largest absolute Gasteiger partial charge is 0.375 e. The molecule has 1 saturated carbocycles. The lowest BCUT2D eigenvalue weighted by Crippen LogP contribution is -2.46. The van der Waals surface area contributed by atoms with Gasteiger partial charge in [-0.3, -0.25) is 0 Å². The van der Waals surface area contributed by atoms with Crippen LogP contribution in [0, 0.1) is 5.92 Å². The van der Waals surface area contributed by atoms with E-state index >= 15 is 0 Å². The monoisotopic (exact) mass is 142 g/mol. The highest BCUT2D eigenvalue weighted by Gasteiger charge is 2.38. The Balaban J connectivity index is 0.000000231. The summed E-state index contributed by atoms with van der Waals surface area (Å²) in [6.45, 7) is 6.29. The number of ether oxygens (including phenoxy) is 1. The first-order valence-corrected chi connectivity index (χ1v) is 4.52. The molecule has 60 valence electrons. The Morgan fingerprint density at radius 1 is 1.20 bits per heavy atom. The SMILES string of the molecule is CC.CC1CCC2CC1O2. The van der Waals surface area contributed by atoms with Gasteiger partial charge in [-0.1, -0.05) is 20.8 Å². The number of fused-ring (bicyclic) bond motifs is 2. The Hall–Kier alpha value is -0.0400. The summed E-state index contributed by atoms with van der Waals surface area (Å²) in [5.41, 5.74) is 0. The van der Waals surface area contributed by atoms with Crippen LogP contribution in [0.4, 0.5) is 0 Å². The van der Waals surface area contributed by atoms with Gasteiger partial charge in [0, 0.05) is 6.42 Å². The second-order valence-corrected chi connectivity index (χ2v) is 3.09. The van der Waals surface area contributed by atoms with Crippen LogP contribution in [-0.2, 0) is 4.74 Å². The maximum Gasteiger partial charge on any atom is 0.0629 e. The molecule has 10 heavy (non-hydrogen) atoms. The zero-order valence-corrected chi connectivity index (χ0v) is 7.26. The molecule has 1 heteroatoms. The fourth-order valence-electron chi connectivity index (χ4n) is 1.68. The van der Waals surface area contributed by atoms with Crippen molar-refractivity contribution in [2.45, 2.75) is 52.2 Å². The van der Waals surface area contributed by atoms with Crippen molar-refractivity contribution in [3.63, 3.8) is 0 Å². The van der Waals surface area contributed by atoms with Crippen LogP contribution in [0.2, 0.25) is 0 Å². The molecular weight excluding hydrogens is 124 g/mol. The van der Waals surface area contributed by atoms with E-state index in [1.165, 1.54) is 19.3 Å². The first kappa shape index (κ1) is 8.06. The highest BCUT2D eigenvalue weighted by Crippen LogP contribution is 2.38. The first-order chi connectivity index (χ1) is 4.86. The van der Waals surface area contributed by atoms with Crippen LogP contribution < -0.4 is 0 Å². The molecule has 3 rings (SSSR count). The first-order valence-electron chi connectivity index (χ1n) is 4.52. The molecule has 1 nitrogen and oxygen atoms in total. The summed E-state index contributed by atoms with van der Waals surface area (Å²) in [7, 11) is 0. The minimum atomic E-state index is 0.647. The Kier molecular flexibility index (Phi) is 2.72. The van der Waals surface area contributed by atoms with Gasteiger partial charge in [0.15, 0.2) is 0 Å². The van der Waals surface area contributed by atoms with Gasteiger partial charge >= 0.3 is 0 Å². The second kappa shape index (κ2) is 3.38. The van der Waals surface area contributed by atoms with E-state index < -0.39 is 0 Å². The zero-order valence-electron chi connectivity index (χ0n) is 7.26. The van der Waals surface area contributed by atoms with Gasteiger partial charge in [0.2, 0.25) is 0 Å². The minimum absolute atomic E-state index is 0.647. The molecule has 3 atom stereocenters. The van der Waals surface area contributed by atoms with Crippen molar-refractivity contribution in [1.82, 2.24) is 0 Å². The van der Waals surface area contributed by atoms with E-state index in [1.807, 2.05) is 13.8 Å². The molecule has 1 aliphatic carbocycles. The number of hydrogen-bond donors (Lipinski definition) is 0. The molecule has 3 unspecified atom stereocenters. The molecule has 0 spiro atoms. The van der Waals surface area contributed by atoms with E-state index in [9.17, 15) is 0 Å². The van der Waals surface area contributed by atoms with Crippen LogP contribution in [0.25, 0.3) is 0 Å². The lowest BCUT2D eigenvalue weighted by Gasteiger charge is -2.45. The third kappa shape index (κ3) is 1.34. The highest BCUT2D eigenvalue weighted by atomic mass is 16.5. The molecule has 0 radical (unpaired) electrons. The van der Waals surface area contributed by atoms with Gasteiger partial charge in [-0.05, 0) is 18.8 Å². The van der Waals surface area contributed by atoms with Crippen LogP contribution in [0.3, 0.4) is 0 Å². The van der Waals surface area contributed by atoms with Gasteiger partial charge < -0.3 is 4.74 Å². The smallest absolute Gasteiger partial charge is 0.0629 e. The summed E-state index contributed by atoms with van der Waals surface area (Å²) in [6, 6.07) is 0. The summed E-state index contributed by atoms with van der Waals surface area (Å²) in [4.78, 5) is 0. The molecule has 2 saturated heterocycles. The predicted octanol–water partition coefficient (Wildman–Crippen LogP) is 2.60. The third-order valence-electron chi connectivity index (χ3n) is 2.44. The topological polar surface area (TPSA) is 9.23 Å². The van der Waals surface area contributed by atoms with Crippen molar-refractivity contribution in [3.05, 3.63) is 0 Å². The summed E-state index contributed by atoms with van der Waals surface area (Å²) in [6.07, 6.45) is 5.37. The molecule has 0 amide bonds. The summed E-state index contributed by atoms with van der Waals surface area (Å²) < 4.78 is 5.49. The minimum Gasteiger partial charge on any atom is -0.375 e. The molecule has 3 aliphatic rings. The molecule has 3 fully saturated rings. The molecule has 0 aromatic carbocycles. The molecule has 2 heterocycles. The van der Waals surface area contributed by atoms with Gasteiger partial charge in [0.25, 0.3) is 0 Å². The Labute approximate surface area is 63.8 Å². The van der Waals surface area contributed by atoms with Crippen LogP contribution in [-0.4, -0.2) is 12.2 Å². The van der Waals surface area contributed by atoms with Gasteiger partial charge in [-0.15, -0.1) is 0 Å². The normalized spacial score (nSPS) is 42.9. The van der Waals surface area contributed by atoms with E-state index in [4.69, 9.17) is 4.74 Å².